The van der Waals surface area contributed by atoms with E-state index in [1.807, 2.05) is 0 Å². The number of carbonyl (C=O) groups is 1. The standard InChI is InChI=1S/C17H35NO/c1-3-16(2)14-12-10-8-6-4-5-7-9-11-13-15-17(18)19/h16H,3-15H2,1-2H3,(H2,18,19). The van der Waals surface area contributed by atoms with Gasteiger partial charge < -0.3 is 5.73 Å². The molecule has 1 atom stereocenters. The van der Waals surface area contributed by atoms with Crippen LogP contribution in [0.3, 0.4) is 0 Å². The molecule has 2 N–H and O–H groups in total. The Balaban J connectivity index is 3.01. The van der Waals surface area contributed by atoms with E-state index in [1.165, 1.54) is 64.2 Å². The number of rotatable bonds is 14. The van der Waals surface area contributed by atoms with Crippen molar-refractivity contribution in [1.82, 2.24) is 0 Å². The zero-order valence-electron chi connectivity index (χ0n) is 13.3. The van der Waals surface area contributed by atoms with E-state index in [2.05, 4.69) is 13.8 Å². The van der Waals surface area contributed by atoms with Gasteiger partial charge in [-0.15, -0.1) is 0 Å². The zero-order chi connectivity index (χ0) is 14.3. The molecule has 2 heteroatoms. The van der Waals surface area contributed by atoms with Crippen LogP contribution < -0.4 is 5.73 Å². The first-order valence-electron chi connectivity index (χ1n) is 8.45. The second kappa shape index (κ2) is 13.9. The van der Waals surface area contributed by atoms with Gasteiger partial charge in [-0.05, 0) is 12.3 Å². The number of hydrogen-bond donors (Lipinski definition) is 1. The normalized spacial score (nSPS) is 12.5. The van der Waals surface area contributed by atoms with Gasteiger partial charge in [-0.25, -0.2) is 0 Å². The highest BCUT2D eigenvalue weighted by Crippen LogP contribution is 2.15. The minimum Gasteiger partial charge on any atom is -0.370 e. The van der Waals surface area contributed by atoms with Crippen LogP contribution in [-0.2, 0) is 4.79 Å². The average Bonchev–Trinajstić information content (AvgIpc) is 2.39. The van der Waals surface area contributed by atoms with Crippen LogP contribution in [0.25, 0.3) is 0 Å². The van der Waals surface area contributed by atoms with E-state index in [-0.39, 0.29) is 5.91 Å². The van der Waals surface area contributed by atoms with Crippen molar-refractivity contribution in [1.29, 1.82) is 0 Å². The number of unbranched alkanes of at least 4 members (excludes halogenated alkanes) is 9. The van der Waals surface area contributed by atoms with E-state index in [9.17, 15) is 4.79 Å². The number of nitrogens with two attached hydrogens (primary N) is 1. The maximum Gasteiger partial charge on any atom is 0.217 e. The van der Waals surface area contributed by atoms with E-state index in [4.69, 9.17) is 5.73 Å². The molecule has 0 radical (unpaired) electrons. The molecule has 0 aromatic heterocycles. The summed E-state index contributed by atoms with van der Waals surface area (Å²) in [7, 11) is 0. The Hall–Kier alpha value is -0.530. The first-order valence-corrected chi connectivity index (χ1v) is 8.45. The van der Waals surface area contributed by atoms with Gasteiger partial charge in [0.25, 0.3) is 0 Å². The molecular formula is C17H35NO. The van der Waals surface area contributed by atoms with Crippen LogP contribution in [0, 0.1) is 5.92 Å². The van der Waals surface area contributed by atoms with Gasteiger partial charge in [0, 0.05) is 6.42 Å². The van der Waals surface area contributed by atoms with Crippen molar-refractivity contribution in [3.05, 3.63) is 0 Å². The molecule has 114 valence electrons. The SMILES string of the molecule is CCC(C)CCCCCCCCCCCCC(N)=O. The summed E-state index contributed by atoms with van der Waals surface area (Å²) in [4.78, 5) is 10.5. The Labute approximate surface area is 120 Å². The smallest absolute Gasteiger partial charge is 0.217 e. The Kier molecular flexibility index (Phi) is 13.5. The molecular weight excluding hydrogens is 234 g/mol. The van der Waals surface area contributed by atoms with E-state index < -0.39 is 0 Å². The second-order valence-corrected chi connectivity index (χ2v) is 6.05. The topological polar surface area (TPSA) is 43.1 Å². The van der Waals surface area contributed by atoms with Gasteiger partial charge >= 0.3 is 0 Å². The molecule has 0 bridgehead atoms. The Bertz CT molecular complexity index is 203. The summed E-state index contributed by atoms with van der Waals surface area (Å²) >= 11 is 0. The summed E-state index contributed by atoms with van der Waals surface area (Å²) in [6, 6.07) is 0. The molecule has 0 aromatic carbocycles. The van der Waals surface area contributed by atoms with Crippen LogP contribution in [0.5, 0.6) is 0 Å². The highest BCUT2D eigenvalue weighted by molar-refractivity contribution is 5.73. The minimum absolute atomic E-state index is 0.155. The highest BCUT2D eigenvalue weighted by Gasteiger charge is 1.98. The molecule has 1 amide bonds. The van der Waals surface area contributed by atoms with Crippen LogP contribution >= 0.6 is 0 Å². The number of primary amides is 1. The molecule has 0 aliphatic rings. The van der Waals surface area contributed by atoms with Crippen LogP contribution in [0.2, 0.25) is 0 Å². The van der Waals surface area contributed by atoms with Gasteiger partial charge in [0.1, 0.15) is 0 Å². The lowest BCUT2D eigenvalue weighted by molar-refractivity contribution is -0.118. The molecule has 2 nitrogen and oxygen atoms in total. The first kappa shape index (κ1) is 18.5. The summed E-state index contributed by atoms with van der Waals surface area (Å²) in [6.07, 6.45) is 16.4. The first-order chi connectivity index (χ1) is 9.16. The molecule has 19 heavy (non-hydrogen) atoms. The fraction of sp³-hybridized carbons (Fsp3) is 0.941. The van der Waals surface area contributed by atoms with Gasteiger partial charge in [-0.2, -0.15) is 0 Å². The van der Waals surface area contributed by atoms with Gasteiger partial charge in [-0.1, -0.05) is 84.5 Å². The fourth-order valence-electron chi connectivity index (χ4n) is 2.41. The third-order valence-electron chi connectivity index (χ3n) is 4.07. The van der Waals surface area contributed by atoms with Crippen molar-refractivity contribution in [2.75, 3.05) is 0 Å². The summed E-state index contributed by atoms with van der Waals surface area (Å²) < 4.78 is 0. The van der Waals surface area contributed by atoms with E-state index in [0.717, 1.165) is 18.8 Å². The third-order valence-corrected chi connectivity index (χ3v) is 4.07. The summed E-state index contributed by atoms with van der Waals surface area (Å²) in [5.74, 6) is 0.762. The van der Waals surface area contributed by atoms with Crippen molar-refractivity contribution >= 4 is 5.91 Å². The number of hydrogen-bond acceptors (Lipinski definition) is 1. The van der Waals surface area contributed by atoms with Gasteiger partial charge in [0.2, 0.25) is 5.91 Å². The maximum absolute atomic E-state index is 10.5. The second-order valence-electron chi connectivity index (χ2n) is 6.05. The lowest BCUT2D eigenvalue weighted by Gasteiger charge is -2.07. The Morgan fingerprint density at radius 1 is 0.842 bits per heavy atom. The van der Waals surface area contributed by atoms with Crippen LogP contribution in [0.4, 0.5) is 0 Å². The van der Waals surface area contributed by atoms with Gasteiger partial charge in [-0.3, -0.25) is 4.79 Å². The van der Waals surface area contributed by atoms with E-state index in [1.54, 1.807) is 0 Å². The van der Waals surface area contributed by atoms with Gasteiger partial charge in [0.05, 0.1) is 0 Å². The van der Waals surface area contributed by atoms with Gasteiger partial charge in [0.15, 0.2) is 0 Å². The largest absolute Gasteiger partial charge is 0.370 e. The number of carbonyl (C=O) groups excluding carboxylic acids is 1. The lowest BCUT2D eigenvalue weighted by Crippen LogP contribution is -2.09. The molecule has 0 heterocycles. The molecule has 0 aliphatic carbocycles. The minimum atomic E-state index is -0.155. The number of amides is 1. The van der Waals surface area contributed by atoms with Crippen molar-refractivity contribution in [2.24, 2.45) is 11.7 Å². The summed E-state index contributed by atoms with van der Waals surface area (Å²) in [6.45, 7) is 4.65. The monoisotopic (exact) mass is 269 g/mol. The molecule has 0 aromatic rings. The van der Waals surface area contributed by atoms with Crippen molar-refractivity contribution in [3.8, 4) is 0 Å². The molecule has 0 rings (SSSR count). The zero-order valence-corrected chi connectivity index (χ0v) is 13.3. The molecule has 0 saturated heterocycles. The molecule has 1 unspecified atom stereocenters. The van der Waals surface area contributed by atoms with Crippen molar-refractivity contribution < 1.29 is 4.79 Å². The van der Waals surface area contributed by atoms with Crippen LogP contribution in [0.15, 0.2) is 0 Å². The van der Waals surface area contributed by atoms with Crippen molar-refractivity contribution in [3.63, 3.8) is 0 Å². The predicted molar refractivity (Wildman–Crippen MR) is 84.1 cm³/mol. The highest BCUT2D eigenvalue weighted by atomic mass is 16.1. The van der Waals surface area contributed by atoms with Crippen molar-refractivity contribution in [2.45, 2.75) is 97.3 Å². The predicted octanol–water partition coefficient (Wildman–Crippen LogP) is 5.20. The average molecular weight is 269 g/mol. The van der Waals surface area contributed by atoms with Crippen LogP contribution in [-0.4, -0.2) is 5.91 Å². The fourth-order valence-corrected chi connectivity index (χ4v) is 2.41. The Morgan fingerprint density at radius 2 is 1.26 bits per heavy atom. The molecule has 0 fully saturated rings. The lowest BCUT2D eigenvalue weighted by atomic mass is 9.99. The quantitative estimate of drug-likeness (QED) is 0.433. The maximum atomic E-state index is 10.5. The summed E-state index contributed by atoms with van der Waals surface area (Å²) in [5, 5.41) is 0. The Morgan fingerprint density at radius 3 is 1.68 bits per heavy atom. The molecule has 0 aliphatic heterocycles. The summed E-state index contributed by atoms with van der Waals surface area (Å²) in [5.41, 5.74) is 5.10. The third kappa shape index (κ3) is 15.4. The van der Waals surface area contributed by atoms with E-state index in [0.29, 0.717) is 6.42 Å². The molecule has 0 spiro atoms. The van der Waals surface area contributed by atoms with Crippen LogP contribution in [0.1, 0.15) is 97.3 Å². The molecule has 0 saturated carbocycles. The van der Waals surface area contributed by atoms with E-state index >= 15 is 0 Å².